The molecule has 3 nitrogen and oxygen atoms in total. The van der Waals surface area contributed by atoms with Crippen LogP contribution in [0.25, 0.3) is 0 Å². The average molecular weight is 263 g/mol. The molecule has 5 heteroatoms. The van der Waals surface area contributed by atoms with Gasteiger partial charge >= 0.3 is 0 Å². The Morgan fingerprint density at radius 3 is 2.64 bits per heavy atom. The minimum atomic E-state index is -0.692. The first-order chi connectivity index (χ1) is 6.49. The first-order valence-electron chi connectivity index (χ1n) is 3.75. The summed E-state index contributed by atoms with van der Waals surface area (Å²) in [7, 11) is 1.27. The fraction of sp³-hybridized carbons (Fsp3) is 0.222. The second kappa shape index (κ2) is 3.96. The highest BCUT2D eigenvalue weighted by molar-refractivity contribution is 9.10. The van der Waals surface area contributed by atoms with Crippen LogP contribution in [0.15, 0.2) is 10.5 Å². The van der Waals surface area contributed by atoms with Crippen molar-refractivity contribution in [3.05, 3.63) is 21.9 Å². The van der Waals surface area contributed by atoms with E-state index < -0.39 is 11.6 Å². The lowest BCUT2D eigenvalue weighted by molar-refractivity contribution is 0.101. The van der Waals surface area contributed by atoms with Gasteiger partial charge in [0.2, 0.25) is 0 Å². The van der Waals surface area contributed by atoms with Gasteiger partial charge in [0.15, 0.2) is 17.3 Å². The highest BCUT2D eigenvalue weighted by Gasteiger charge is 2.18. The first kappa shape index (κ1) is 11.0. The average Bonchev–Trinajstić information content (AvgIpc) is 2.12. The van der Waals surface area contributed by atoms with Crippen LogP contribution in [0, 0.1) is 5.82 Å². The Morgan fingerprint density at radius 1 is 1.64 bits per heavy atom. The second-order valence-corrected chi connectivity index (χ2v) is 3.45. The molecule has 0 saturated heterocycles. The second-order valence-electron chi connectivity index (χ2n) is 2.66. The van der Waals surface area contributed by atoms with Gasteiger partial charge in [-0.05, 0) is 28.9 Å². The molecule has 0 aromatic heterocycles. The summed E-state index contributed by atoms with van der Waals surface area (Å²) in [6.07, 6.45) is 0. The lowest BCUT2D eigenvalue weighted by atomic mass is 10.1. The Morgan fingerprint density at radius 2 is 2.21 bits per heavy atom. The van der Waals surface area contributed by atoms with E-state index in [0.717, 1.165) is 6.07 Å². The van der Waals surface area contributed by atoms with E-state index in [2.05, 4.69) is 15.9 Å². The van der Waals surface area contributed by atoms with Gasteiger partial charge in [0.1, 0.15) is 10.2 Å². The number of ether oxygens (including phenoxy) is 1. The van der Waals surface area contributed by atoms with E-state index in [4.69, 9.17) is 4.74 Å². The number of ketones is 1. The first-order valence-corrected chi connectivity index (χ1v) is 4.54. The molecule has 0 heterocycles. The number of hydrogen-bond acceptors (Lipinski definition) is 3. The fourth-order valence-corrected chi connectivity index (χ4v) is 1.61. The molecule has 0 unspecified atom stereocenters. The maximum absolute atomic E-state index is 13.2. The van der Waals surface area contributed by atoms with Gasteiger partial charge in [0.05, 0.1) is 12.7 Å². The van der Waals surface area contributed by atoms with Crippen molar-refractivity contribution in [3.63, 3.8) is 0 Å². The lowest BCUT2D eigenvalue weighted by Crippen LogP contribution is -1.98. The molecule has 0 fully saturated rings. The maximum atomic E-state index is 13.2. The monoisotopic (exact) mass is 262 g/mol. The van der Waals surface area contributed by atoms with Crippen molar-refractivity contribution in [3.8, 4) is 11.5 Å². The van der Waals surface area contributed by atoms with Crippen molar-refractivity contribution in [2.45, 2.75) is 6.92 Å². The largest absolute Gasteiger partial charge is 0.506 e. The van der Waals surface area contributed by atoms with Crippen LogP contribution >= 0.6 is 15.9 Å². The van der Waals surface area contributed by atoms with Crippen molar-refractivity contribution in [1.82, 2.24) is 0 Å². The van der Waals surface area contributed by atoms with Gasteiger partial charge in [-0.3, -0.25) is 4.79 Å². The van der Waals surface area contributed by atoms with Crippen LogP contribution < -0.4 is 4.74 Å². The zero-order valence-corrected chi connectivity index (χ0v) is 9.18. The number of aromatic hydroxyl groups is 1. The van der Waals surface area contributed by atoms with Gasteiger partial charge < -0.3 is 9.84 Å². The van der Waals surface area contributed by atoms with Crippen molar-refractivity contribution < 1.29 is 19.0 Å². The number of carbonyl (C=O) groups is 1. The maximum Gasteiger partial charge on any atom is 0.172 e. The molecule has 0 bridgehead atoms. The third kappa shape index (κ3) is 1.72. The Balaban J connectivity index is 3.47. The van der Waals surface area contributed by atoms with E-state index in [9.17, 15) is 14.3 Å². The third-order valence-electron chi connectivity index (χ3n) is 1.73. The van der Waals surface area contributed by atoms with Crippen LogP contribution in [0.1, 0.15) is 17.3 Å². The number of hydrogen-bond donors (Lipinski definition) is 1. The molecule has 1 N–H and O–H groups in total. The normalized spacial score (nSPS) is 10.0. The summed E-state index contributed by atoms with van der Waals surface area (Å²) in [5.41, 5.74) is -0.0739. The number of carbonyl (C=O) groups excluding carboxylic acids is 1. The number of phenols is 1. The molecule has 14 heavy (non-hydrogen) atoms. The van der Waals surface area contributed by atoms with Crippen LogP contribution in [0.4, 0.5) is 4.39 Å². The minimum absolute atomic E-state index is 0.0465. The highest BCUT2D eigenvalue weighted by Crippen LogP contribution is 2.38. The molecule has 0 saturated carbocycles. The summed E-state index contributed by atoms with van der Waals surface area (Å²) in [4.78, 5) is 11.0. The van der Waals surface area contributed by atoms with Crippen molar-refractivity contribution >= 4 is 21.7 Å². The van der Waals surface area contributed by atoms with Crippen molar-refractivity contribution in [2.24, 2.45) is 0 Å². The summed E-state index contributed by atoms with van der Waals surface area (Å²) in [5.74, 6) is -1.53. The molecule has 0 radical (unpaired) electrons. The zero-order valence-electron chi connectivity index (χ0n) is 7.60. The molecule has 76 valence electrons. The van der Waals surface area contributed by atoms with E-state index in [0.29, 0.717) is 0 Å². The summed E-state index contributed by atoms with van der Waals surface area (Å²) in [5, 5.41) is 9.49. The predicted octanol–water partition coefficient (Wildman–Crippen LogP) is 2.51. The summed E-state index contributed by atoms with van der Waals surface area (Å²) in [6.45, 7) is 1.24. The van der Waals surface area contributed by atoms with Crippen LogP contribution in [0.2, 0.25) is 0 Å². The van der Waals surface area contributed by atoms with Crippen LogP contribution in [-0.2, 0) is 0 Å². The molecule has 0 aliphatic carbocycles. The fourth-order valence-electron chi connectivity index (χ4n) is 1.05. The quantitative estimate of drug-likeness (QED) is 0.834. The lowest BCUT2D eigenvalue weighted by Gasteiger charge is -2.09. The third-order valence-corrected chi connectivity index (χ3v) is 2.47. The summed E-state index contributed by atoms with van der Waals surface area (Å²) >= 11 is 2.94. The number of halogens is 2. The van der Waals surface area contributed by atoms with E-state index in [1.807, 2.05) is 0 Å². The molecule has 1 aromatic carbocycles. The molecule has 0 atom stereocenters. The van der Waals surface area contributed by atoms with E-state index in [1.54, 1.807) is 0 Å². The molecule has 0 amide bonds. The van der Waals surface area contributed by atoms with Gasteiger partial charge in [-0.2, -0.15) is 0 Å². The van der Waals surface area contributed by atoms with Crippen molar-refractivity contribution in [2.75, 3.05) is 7.11 Å². The Hall–Kier alpha value is -1.10. The van der Waals surface area contributed by atoms with Crippen LogP contribution in [-0.4, -0.2) is 18.0 Å². The Labute approximate surface area is 88.6 Å². The number of rotatable bonds is 2. The Kier molecular flexibility index (Phi) is 3.10. The van der Waals surface area contributed by atoms with E-state index in [-0.39, 0.29) is 21.5 Å². The van der Waals surface area contributed by atoms with Crippen LogP contribution in [0.3, 0.4) is 0 Å². The molecule has 0 aliphatic rings. The Bertz CT molecular complexity index is 390. The number of phenolic OH excluding ortho intramolecular Hbond substituents is 1. The summed E-state index contributed by atoms with van der Waals surface area (Å²) < 4.78 is 18.0. The molecule has 1 rings (SSSR count). The smallest absolute Gasteiger partial charge is 0.172 e. The van der Waals surface area contributed by atoms with Gasteiger partial charge in [-0.1, -0.05) is 0 Å². The number of methoxy groups -OCH3 is 1. The SMILES string of the molecule is COc1c(F)cc(C(C)=O)c(O)c1Br. The molecule has 1 aromatic rings. The van der Waals surface area contributed by atoms with E-state index in [1.165, 1.54) is 14.0 Å². The molecule has 0 aliphatic heterocycles. The van der Waals surface area contributed by atoms with Gasteiger partial charge in [0.25, 0.3) is 0 Å². The summed E-state index contributed by atoms with van der Waals surface area (Å²) in [6, 6.07) is 0.946. The van der Waals surface area contributed by atoms with Gasteiger partial charge in [-0.25, -0.2) is 4.39 Å². The van der Waals surface area contributed by atoms with Crippen molar-refractivity contribution in [1.29, 1.82) is 0 Å². The van der Waals surface area contributed by atoms with E-state index >= 15 is 0 Å². The highest BCUT2D eigenvalue weighted by atomic mass is 79.9. The number of Topliss-reactive ketones (excluding diaryl/α,β-unsaturated/α-hetero) is 1. The zero-order chi connectivity index (χ0) is 10.9. The number of benzene rings is 1. The molecule has 0 spiro atoms. The standard InChI is InChI=1S/C9H8BrFO3/c1-4(12)5-3-6(11)9(14-2)7(10)8(5)13/h3,13H,1-2H3. The van der Waals surface area contributed by atoms with Crippen LogP contribution in [0.5, 0.6) is 11.5 Å². The molecular weight excluding hydrogens is 255 g/mol. The van der Waals surface area contributed by atoms with Gasteiger partial charge in [0, 0.05) is 0 Å². The molecular formula is C9H8BrFO3. The predicted molar refractivity (Wildman–Crippen MR) is 52.3 cm³/mol. The van der Waals surface area contributed by atoms with Gasteiger partial charge in [-0.15, -0.1) is 0 Å². The minimum Gasteiger partial charge on any atom is -0.506 e. The topological polar surface area (TPSA) is 46.5 Å².